The molecule has 3 heteroatoms. The Kier molecular flexibility index (Phi) is 4.93. The van der Waals surface area contributed by atoms with E-state index >= 15 is 0 Å². The first-order valence-corrected chi connectivity index (χ1v) is 6.53. The number of ether oxygens (including phenoxy) is 1. The Morgan fingerprint density at radius 1 is 1.26 bits per heavy atom. The van der Waals surface area contributed by atoms with Crippen molar-refractivity contribution in [3.63, 3.8) is 0 Å². The minimum atomic E-state index is 0.865. The molecular weight excluding hydrogens is 236 g/mol. The normalized spacial score (nSPS) is 10.4. The molecule has 2 aromatic rings. The van der Waals surface area contributed by atoms with Gasteiger partial charge in [0.2, 0.25) is 0 Å². The molecule has 0 amide bonds. The van der Waals surface area contributed by atoms with Crippen molar-refractivity contribution in [1.29, 1.82) is 0 Å². The molecule has 1 aromatic carbocycles. The Hall–Kier alpha value is -1.87. The summed E-state index contributed by atoms with van der Waals surface area (Å²) in [6, 6.07) is 10.2. The molecule has 0 aliphatic rings. The number of aromatic nitrogens is 1. The maximum Gasteiger partial charge on any atom is 0.119 e. The van der Waals surface area contributed by atoms with Crippen LogP contribution in [-0.4, -0.2) is 18.6 Å². The Balaban J connectivity index is 1.79. The van der Waals surface area contributed by atoms with Crippen molar-refractivity contribution in [3.05, 3.63) is 59.4 Å². The highest BCUT2D eigenvalue weighted by atomic mass is 16.5. The zero-order valence-corrected chi connectivity index (χ0v) is 11.5. The van der Waals surface area contributed by atoms with Gasteiger partial charge in [-0.25, -0.2) is 0 Å². The van der Waals surface area contributed by atoms with Gasteiger partial charge in [0.15, 0.2) is 0 Å². The summed E-state index contributed by atoms with van der Waals surface area (Å²) in [5.41, 5.74) is 3.83. The zero-order valence-electron chi connectivity index (χ0n) is 11.5. The molecule has 0 atom stereocenters. The van der Waals surface area contributed by atoms with E-state index in [2.05, 4.69) is 29.4 Å². The van der Waals surface area contributed by atoms with Crippen LogP contribution in [0.1, 0.15) is 16.7 Å². The lowest BCUT2D eigenvalue weighted by Crippen LogP contribution is -2.17. The molecule has 0 saturated carbocycles. The summed E-state index contributed by atoms with van der Waals surface area (Å²) < 4.78 is 5.22. The van der Waals surface area contributed by atoms with Gasteiger partial charge in [0.1, 0.15) is 5.75 Å². The van der Waals surface area contributed by atoms with Crippen molar-refractivity contribution in [2.45, 2.75) is 19.9 Å². The smallest absolute Gasteiger partial charge is 0.119 e. The molecule has 3 nitrogen and oxygen atoms in total. The van der Waals surface area contributed by atoms with Gasteiger partial charge < -0.3 is 10.1 Å². The number of aryl methyl sites for hydroxylation is 1. The van der Waals surface area contributed by atoms with Gasteiger partial charge in [-0.15, -0.1) is 0 Å². The molecule has 0 bridgehead atoms. The molecule has 2 rings (SSSR count). The number of hydrogen-bond acceptors (Lipinski definition) is 3. The number of rotatable bonds is 6. The van der Waals surface area contributed by atoms with Crippen LogP contribution in [0.2, 0.25) is 0 Å². The number of pyridine rings is 1. The summed E-state index contributed by atoms with van der Waals surface area (Å²) in [4.78, 5) is 4.15. The topological polar surface area (TPSA) is 34.1 Å². The van der Waals surface area contributed by atoms with Crippen molar-refractivity contribution in [1.82, 2.24) is 10.3 Å². The summed E-state index contributed by atoms with van der Waals surface area (Å²) in [5.74, 6) is 0.917. The van der Waals surface area contributed by atoms with Gasteiger partial charge in [-0.1, -0.05) is 12.1 Å². The van der Waals surface area contributed by atoms with Crippen LogP contribution in [0.3, 0.4) is 0 Å². The van der Waals surface area contributed by atoms with Crippen LogP contribution in [0.15, 0.2) is 42.7 Å². The first-order chi connectivity index (χ1) is 9.29. The summed E-state index contributed by atoms with van der Waals surface area (Å²) in [6.45, 7) is 3.92. The second-order valence-corrected chi connectivity index (χ2v) is 4.58. The van der Waals surface area contributed by atoms with E-state index in [-0.39, 0.29) is 0 Å². The third-order valence-corrected chi connectivity index (χ3v) is 3.19. The van der Waals surface area contributed by atoms with E-state index < -0.39 is 0 Å². The minimum absolute atomic E-state index is 0.865. The largest absolute Gasteiger partial charge is 0.497 e. The Morgan fingerprint density at radius 2 is 2.16 bits per heavy atom. The number of hydrogen-bond donors (Lipinski definition) is 1. The molecular formula is C16H20N2O. The Morgan fingerprint density at radius 3 is 2.95 bits per heavy atom. The monoisotopic (exact) mass is 256 g/mol. The third-order valence-electron chi connectivity index (χ3n) is 3.19. The van der Waals surface area contributed by atoms with Gasteiger partial charge in [0, 0.05) is 18.9 Å². The quantitative estimate of drug-likeness (QED) is 0.807. The molecule has 0 spiro atoms. The molecule has 0 unspecified atom stereocenters. The standard InChI is InChI=1S/C16H20N2O/c1-13-6-8-17-11-15(13)12-18-9-7-14-4-3-5-16(10-14)19-2/h3-6,8,10-11,18H,7,9,12H2,1-2H3. The van der Waals surface area contributed by atoms with E-state index in [4.69, 9.17) is 4.74 Å². The maximum absolute atomic E-state index is 5.22. The molecule has 0 radical (unpaired) electrons. The number of methoxy groups -OCH3 is 1. The highest BCUT2D eigenvalue weighted by Gasteiger charge is 1.98. The van der Waals surface area contributed by atoms with E-state index in [9.17, 15) is 0 Å². The second kappa shape index (κ2) is 6.90. The van der Waals surface area contributed by atoms with Crippen LogP contribution in [-0.2, 0) is 13.0 Å². The van der Waals surface area contributed by atoms with Gasteiger partial charge in [-0.05, 0) is 54.8 Å². The summed E-state index contributed by atoms with van der Waals surface area (Å²) in [5, 5.41) is 3.45. The fourth-order valence-electron chi connectivity index (χ4n) is 1.97. The van der Waals surface area contributed by atoms with Gasteiger partial charge in [0.25, 0.3) is 0 Å². The highest BCUT2D eigenvalue weighted by molar-refractivity contribution is 5.28. The molecule has 0 fully saturated rings. The van der Waals surface area contributed by atoms with Crippen LogP contribution in [0.5, 0.6) is 5.75 Å². The SMILES string of the molecule is COc1cccc(CCNCc2cnccc2C)c1. The number of benzene rings is 1. The van der Waals surface area contributed by atoms with Gasteiger partial charge in [-0.2, -0.15) is 0 Å². The van der Waals surface area contributed by atoms with Crippen molar-refractivity contribution >= 4 is 0 Å². The predicted molar refractivity (Wildman–Crippen MR) is 77.4 cm³/mol. The van der Waals surface area contributed by atoms with E-state index in [1.165, 1.54) is 16.7 Å². The minimum Gasteiger partial charge on any atom is -0.497 e. The van der Waals surface area contributed by atoms with Crippen LogP contribution in [0, 0.1) is 6.92 Å². The van der Waals surface area contributed by atoms with Crippen molar-refractivity contribution in [2.75, 3.05) is 13.7 Å². The Bertz CT molecular complexity index is 526. The van der Waals surface area contributed by atoms with Gasteiger partial charge >= 0.3 is 0 Å². The lowest BCUT2D eigenvalue weighted by atomic mass is 10.1. The lowest BCUT2D eigenvalue weighted by molar-refractivity contribution is 0.414. The fraction of sp³-hybridized carbons (Fsp3) is 0.312. The first-order valence-electron chi connectivity index (χ1n) is 6.53. The first kappa shape index (κ1) is 13.6. The van der Waals surface area contributed by atoms with Crippen LogP contribution < -0.4 is 10.1 Å². The fourth-order valence-corrected chi connectivity index (χ4v) is 1.97. The molecule has 100 valence electrons. The molecule has 0 aliphatic heterocycles. The molecule has 19 heavy (non-hydrogen) atoms. The molecule has 1 N–H and O–H groups in total. The lowest BCUT2D eigenvalue weighted by Gasteiger charge is -2.08. The van der Waals surface area contributed by atoms with Gasteiger partial charge in [-0.3, -0.25) is 4.98 Å². The summed E-state index contributed by atoms with van der Waals surface area (Å²) in [6.07, 6.45) is 4.75. The zero-order chi connectivity index (χ0) is 13.5. The van der Waals surface area contributed by atoms with Crippen LogP contribution >= 0.6 is 0 Å². The summed E-state index contributed by atoms with van der Waals surface area (Å²) >= 11 is 0. The van der Waals surface area contributed by atoms with Crippen LogP contribution in [0.25, 0.3) is 0 Å². The van der Waals surface area contributed by atoms with Gasteiger partial charge in [0.05, 0.1) is 7.11 Å². The third kappa shape index (κ3) is 4.07. The average molecular weight is 256 g/mol. The highest BCUT2D eigenvalue weighted by Crippen LogP contribution is 2.12. The summed E-state index contributed by atoms with van der Waals surface area (Å²) in [7, 11) is 1.70. The number of nitrogens with one attached hydrogen (secondary N) is 1. The molecule has 0 aliphatic carbocycles. The maximum atomic E-state index is 5.22. The van der Waals surface area contributed by atoms with Crippen molar-refractivity contribution in [3.8, 4) is 5.75 Å². The van der Waals surface area contributed by atoms with E-state index in [1.54, 1.807) is 7.11 Å². The van der Waals surface area contributed by atoms with E-state index in [1.807, 2.05) is 30.6 Å². The molecule has 1 heterocycles. The van der Waals surface area contributed by atoms with E-state index in [0.29, 0.717) is 0 Å². The Labute approximate surface area is 114 Å². The molecule has 0 saturated heterocycles. The van der Waals surface area contributed by atoms with Crippen LogP contribution in [0.4, 0.5) is 0 Å². The second-order valence-electron chi connectivity index (χ2n) is 4.58. The predicted octanol–water partition coefficient (Wildman–Crippen LogP) is 2.73. The molecule has 1 aromatic heterocycles. The number of nitrogens with zero attached hydrogens (tertiary/aromatic N) is 1. The average Bonchev–Trinajstić information content (AvgIpc) is 2.45. The van der Waals surface area contributed by atoms with Crippen molar-refractivity contribution in [2.24, 2.45) is 0 Å². The van der Waals surface area contributed by atoms with Crippen molar-refractivity contribution < 1.29 is 4.74 Å². The van der Waals surface area contributed by atoms with E-state index in [0.717, 1.165) is 25.3 Å².